The fourth-order valence-electron chi connectivity index (χ4n) is 2.53. The van der Waals surface area contributed by atoms with Crippen LogP contribution in [0.1, 0.15) is 38.0 Å². The van der Waals surface area contributed by atoms with Crippen molar-refractivity contribution in [1.82, 2.24) is 5.32 Å². The maximum atomic E-state index is 12.8. The molecule has 2 aromatic rings. The number of nitrogens with one attached hydrogen (secondary N) is 1. The van der Waals surface area contributed by atoms with Gasteiger partial charge in [0.15, 0.2) is 0 Å². The van der Waals surface area contributed by atoms with Crippen molar-refractivity contribution in [3.05, 3.63) is 69.3 Å². The molecular formula is C20H25INO2-. The summed E-state index contributed by atoms with van der Waals surface area (Å²) in [7, 11) is 0. The molecule has 0 unspecified atom stereocenters. The molecule has 0 aliphatic carbocycles. The van der Waals surface area contributed by atoms with Crippen LogP contribution in [0.5, 0.6) is 0 Å². The van der Waals surface area contributed by atoms with Crippen LogP contribution >= 0.6 is 0 Å². The molecule has 2 aromatic carbocycles. The average Bonchev–Trinajstić information content (AvgIpc) is 2.61. The van der Waals surface area contributed by atoms with Crippen LogP contribution in [0, 0.1) is 3.57 Å². The topological polar surface area (TPSA) is 49.3 Å². The SMILES string of the molecule is C[I-]c1ccc(C(C)(C)C(=O)N[C@@H](C)[C@H](O)c2ccccc2)cc1. The summed E-state index contributed by atoms with van der Waals surface area (Å²) in [5.74, 6) is -0.0797. The van der Waals surface area contributed by atoms with Crippen LogP contribution in [0.15, 0.2) is 54.6 Å². The third-order valence-corrected chi connectivity index (χ3v) is 6.29. The number of rotatable bonds is 6. The quantitative estimate of drug-likeness (QED) is 0.497. The minimum absolute atomic E-state index is 0.0610. The monoisotopic (exact) mass is 438 g/mol. The van der Waals surface area contributed by atoms with Crippen LogP contribution in [0.25, 0.3) is 0 Å². The molecule has 0 saturated heterocycles. The summed E-state index contributed by atoms with van der Waals surface area (Å²) in [4.78, 5) is 15.0. The van der Waals surface area contributed by atoms with E-state index in [2.05, 4.69) is 22.4 Å². The normalized spacial score (nSPS) is 14.2. The Morgan fingerprint density at radius 1 is 1.08 bits per heavy atom. The zero-order chi connectivity index (χ0) is 17.7. The molecule has 2 N–H and O–H groups in total. The number of hydrogen-bond donors (Lipinski definition) is 2. The van der Waals surface area contributed by atoms with Gasteiger partial charge in [0.1, 0.15) is 0 Å². The molecule has 24 heavy (non-hydrogen) atoms. The van der Waals surface area contributed by atoms with Crippen molar-refractivity contribution < 1.29 is 31.1 Å². The van der Waals surface area contributed by atoms with Crippen molar-refractivity contribution in [2.75, 3.05) is 4.93 Å². The summed E-state index contributed by atoms with van der Waals surface area (Å²) in [6, 6.07) is 17.3. The van der Waals surface area contributed by atoms with Crippen LogP contribution in [-0.4, -0.2) is 22.0 Å². The van der Waals surface area contributed by atoms with Gasteiger partial charge >= 0.3 is 149 Å². The van der Waals surface area contributed by atoms with E-state index in [1.807, 2.05) is 63.2 Å². The van der Waals surface area contributed by atoms with Crippen LogP contribution < -0.4 is 26.5 Å². The molecule has 0 aliphatic heterocycles. The van der Waals surface area contributed by atoms with Crippen molar-refractivity contribution in [2.45, 2.75) is 38.3 Å². The first kappa shape index (κ1) is 18.9. The zero-order valence-electron chi connectivity index (χ0n) is 14.6. The van der Waals surface area contributed by atoms with Crippen molar-refractivity contribution >= 4 is 5.91 Å². The van der Waals surface area contributed by atoms with Gasteiger partial charge in [0.05, 0.1) is 0 Å². The Hall–Kier alpha value is -1.40. The van der Waals surface area contributed by atoms with Crippen LogP contribution in [-0.2, 0) is 10.2 Å². The van der Waals surface area contributed by atoms with E-state index >= 15 is 0 Å². The Morgan fingerprint density at radius 3 is 2.21 bits per heavy atom. The minimum atomic E-state index is -0.724. The van der Waals surface area contributed by atoms with Gasteiger partial charge in [-0.2, -0.15) is 0 Å². The average molecular weight is 438 g/mol. The second-order valence-corrected chi connectivity index (χ2v) is 8.76. The number of alkyl halides is 1. The van der Waals surface area contributed by atoms with Gasteiger partial charge in [-0.25, -0.2) is 0 Å². The number of aliphatic hydroxyl groups excluding tert-OH is 1. The summed E-state index contributed by atoms with van der Waals surface area (Å²) < 4.78 is 1.36. The number of benzene rings is 2. The van der Waals surface area contributed by atoms with E-state index < -0.39 is 11.5 Å². The zero-order valence-corrected chi connectivity index (χ0v) is 16.7. The molecule has 0 aromatic heterocycles. The number of hydrogen-bond acceptors (Lipinski definition) is 2. The standard InChI is InChI=1S/C20H25INO2/c1-14(18(23)15-8-6-5-7-9-15)22-19(24)20(2,3)16-10-12-17(21-4)13-11-16/h5-14,18,23H,1-4H3,(H,22,24)/q-1/t14-,18-/m0/s1. The molecule has 0 aliphatic rings. The number of carbonyl (C=O) groups excluding carboxylic acids is 1. The summed E-state index contributed by atoms with van der Waals surface area (Å²) in [6.07, 6.45) is -0.724. The van der Waals surface area contributed by atoms with E-state index in [-0.39, 0.29) is 33.2 Å². The van der Waals surface area contributed by atoms with Gasteiger partial charge in [-0.15, -0.1) is 0 Å². The van der Waals surface area contributed by atoms with Crippen LogP contribution in [0.4, 0.5) is 0 Å². The Balaban J connectivity index is 2.09. The Labute approximate surface area is 154 Å². The van der Waals surface area contributed by atoms with Crippen molar-refractivity contribution in [3.63, 3.8) is 0 Å². The third kappa shape index (κ3) is 4.36. The number of halogens is 1. The molecule has 0 radical (unpaired) electrons. The predicted molar refractivity (Wildman–Crippen MR) is 93.1 cm³/mol. The summed E-state index contributed by atoms with van der Waals surface area (Å²) in [5, 5.41) is 13.4. The Morgan fingerprint density at radius 2 is 1.67 bits per heavy atom. The number of aliphatic hydroxyl groups is 1. The molecule has 0 heterocycles. The molecule has 0 spiro atoms. The molecule has 0 saturated carbocycles. The fraction of sp³-hybridized carbons (Fsp3) is 0.350. The van der Waals surface area contributed by atoms with E-state index in [0.29, 0.717) is 0 Å². The molecule has 1 amide bonds. The van der Waals surface area contributed by atoms with E-state index in [9.17, 15) is 9.90 Å². The molecule has 2 atom stereocenters. The predicted octanol–water partition coefficient (Wildman–Crippen LogP) is 0.0909. The number of amides is 1. The van der Waals surface area contributed by atoms with Crippen molar-refractivity contribution in [1.29, 1.82) is 0 Å². The molecular weight excluding hydrogens is 413 g/mol. The molecule has 4 heteroatoms. The second kappa shape index (κ2) is 8.12. The van der Waals surface area contributed by atoms with E-state index in [0.717, 1.165) is 11.1 Å². The second-order valence-electron chi connectivity index (χ2n) is 6.44. The molecule has 130 valence electrons. The first-order chi connectivity index (χ1) is 11.4. The third-order valence-electron chi connectivity index (χ3n) is 4.33. The Kier molecular flexibility index (Phi) is 6.40. The maximum absolute atomic E-state index is 12.8. The van der Waals surface area contributed by atoms with Gasteiger partial charge in [-0.3, -0.25) is 0 Å². The molecule has 0 fully saturated rings. The first-order valence-electron chi connectivity index (χ1n) is 8.00. The van der Waals surface area contributed by atoms with Gasteiger partial charge < -0.3 is 0 Å². The van der Waals surface area contributed by atoms with Crippen molar-refractivity contribution in [2.24, 2.45) is 0 Å². The van der Waals surface area contributed by atoms with Gasteiger partial charge in [-0.1, -0.05) is 6.07 Å². The molecule has 3 nitrogen and oxygen atoms in total. The van der Waals surface area contributed by atoms with E-state index in [4.69, 9.17) is 0 Å². The van der Waals surface area contributed by atoms with Gasteiger partial charge in [0.2, 0.25) is 0 Å². The fourth-order valence-corrected chi connectivity index (χ4v) is 3.61. The summed E-state index contributed by atoms with van der Waals surface area (Å²) in [5.41, 5.74) is 1.15. The summed E-state index contributed by atoms with van der Waals surface area (Å²) in [6.45, 7) is 5.66. The van der Waals surface area contributed by atoms with Gasteiger partial charge in [0.25, 0.3) is 0 Å². The Bertz CT molecular complexity index is 668. The van der Waals surface area contributed by atoms with Crippen LogP contribution in [0.2, 0.25) is 0 Å². The van der Waals surface area contributed by atoms with Crippen LogP contribution in [0.3, 0.4) is 0 Å². The van der Waals surface area contributed by atoms with E-state index in [1.165, 1.54) is 3.57 Å². The molecule has 2 rings (SSSR count). The summed E-state index contributed by atoms with van der Waals surface area (Å²) >= 11 is 0.0610. The van der Waals surface area contributed by atoms with E-state index in [1.54, 1.807) is 0 Å². The van der Waals surface area contributed by atoms with Crippen molar-refractivity contribution in [3.8, 4) is 0 Å². The van der Waals surface area contributed by atoms with Gasteiger partial charge in [0, 0.05) is 0 Å². The van der Waals surface area contributed by atoms with Gasteiger partial charge in [-0.05, 0) is 0 Å². The number of carbonyl (C=O) groups is 1. The first-order valence-corrected chi connectivity index (χ1v) is 11.2. The molecule has 0 bridgehead atoms.